The Hall–Kier alpha value is -1.95. The van der Waals surface area contributed by atoms with Crippen LogP contribution < -0.4 is 15.4 Å². The first kappa shape index (κ1) is 15.9. The van der Waals surface area contributed by atoms with Crippen molar-refractivity contribution in [2.75, 3.05) is 50.8 Å². The summed E-state index contributed by atoms with van der Waals surface area (Å²) in [5, 5.41) is 0. The van der Waals surface area contributed by atoms with Crippen LogP contribution in [0.2, 0.25) is 0 Å². The molecule has 0 radical (unpaired) electrons. The van der Waals surface area contributed by atoms with E-state index in [0.717, 1.165) is 51.5 Å². The third-order valence-electron chi connectivity index (χ3n) is 4.25. The van der Waals surface area contributed by atoms with Gasteiger partial charge in [0.2, 0.25) is 0 Å². The van der Waals surface area contributed by atoms with E-state index in [9.17, 15) is 0 Å². The second kappa shape index (κ2) is 7.55. The number of nitrogens with two attached hydrogens (primary N) is 1. The first-order valence-corrected chi connectivity index (χ1v) is 8.41. The van der Waals surface area contributed by atoms with Crippen LogP contribution in [0.1, 0.15) is 13.3 Å². The monoisotopic (exact) mass is 318 g/mol. The second-order valence-corrected chi connectivity index (χ2v) is 6.06. The number of nitrogens with zero attached hydrogens (tertiary/aromatic N) is 3. The zero-order valence-corrected chi connectivity index (χ0v) is 13.8. The second-order valence-electron chi connectivity index (χ2n) is 6.06. The lowest BCUT2D eigenvalue weighted by Gasteiger charge is -2.36. The molecule has 126 valence electrons. The molecule has 2 aliphatic rings. The Kier molecular flexibility index (Phi) is 5.23. The van der Waals surface area contributed by atoms with Gasteiger partial charge in [0.05, 0.1) is 6.61 Å². The summed E-state index contributed by atoms with van der Waals surface area (Å²) in [5.41, 5.74) is 6.83. The van der Waals surface area contributed by atoms with Crippen molar-refractivity contribution < 1.29 is 9.47 Å². The topological polar surface area (TPSA) is 63.3 Å². The zero-order chi connectivity index (χ0) is 16.1. The molecule has 6 nitrogen and oxygen atoms in total. The fourth-order valence-electron chi connectivity index (χ4n) is 2.99. The summed E-state index contributed by atoms with van der Waals surface area (Å²) in [4.78, 5) is 9.15. The van der Waals surface area contributed by atoms with E-state index in [1.54, 1.807) is 0 Å². The predicted octanol–water partition coefficient (Wildman–Crippen LogP) is 1.31. The lowest BCUT2D eigenvalue weighted by molar-refractivity contribution is 0.219. The van der Waals surface area contributed by atoms with Gasteiger partial charge in [-0.25, -0.2) is 4.99 Å². The van der Waals surface area contributed by atoms with Gasteiger partial charge in [-0.2, -0.15) is 0 Å². The van der Waals surface area contributed by atoms with Crippen molar-refractivity contribution in [3.05, 3.63) is 24.3 Å². The SMILES string of the molecule is CCCOc1ccc(N2CCN(CC3COC(N)=N3)CC2)cc1. The molecule has 0 aliphatic carbocycles. The predicted molar refractivity (Wildman–Crippen MR) is 92.2 cm³/mol. The molecule has 6 heteroatoms. The fraction of sp³-hybridized carbons (Fsp3) is 0.588. The largest absolute Gasteiger partial charge is 0.494 e. The van der Waals surface area contributed by atoms with Crippen molar-refractivity contribution in [2.45, 2.75) is 19.4 Å². The van der Waals surface area contributed by atoms with E-state index in [0.29, 0.717) is 12.6 Å². The highest BCUT2D eigenvalue weighted by Gasteiger charge is 2.23. The Labute approximate surface area is 137 Å². The van der Waals surface area contributed by atoms with Crippen LogP contribution in [-0.2, 0) is 4.74 Å². The number of anilines is 1. The molecule has 0 amide bonds. The van der Waals surface area contributed by atoms with Crippen LogP contribution in [0.5, 0.6) is 5.75 Å². The van der Waals surface area contributed by atoms with E-state index < -0.39 is 0 Å². The summed E-state index contributed by atoms with van der Waals surface area (Å²) < 4.78 is 10.9. The Bertz CT molecular complexity index is 524. The maximum absolute atomic E-state index is 5.64. The lowest BCUT2D eigenvalue weighted by atomic mass is 10.2. The third kappa shape index (κ3) is 4.28. The highest BCUT2D eigenvalue weighted by atomic mass is 16.5. The van der Waals surface area contributed by atoms with Crippen LogP contribution in [0.4, 0.5) is 5.69 Å². The number of hydrogen-bond donors (Lipinski definition) is 1. The summed E-state index contributed by atoms with van der Waals surface area (Å²) in [5.74, 6) is 0.950. The summed E-state index contributed by atoms with van der Waals surface area (Å²) in [6.07, 6.45) is 1.03. The van der Waals surface area contributed by atoms with E-state index in [1.165, 1.54) is 5.69 Å². The van der Waals surface area contributed by atoms with Crippen LogP contribution in [0, 0.1) is 0 Å². The molecule has 1 fully saturated rings. The summed E-state index contributed by atoms with van der Waals surface area (Å²) in [6, 6.07) is 8.94. The van der Waals surface area contributed by atoms with Gasteiger partial charge in [0.15, 0.2) is 0 Å². The molecule has 2 heterocycles. The minimum atomic E-state index is 0.191. The van der Waals surface area contributed by atoms with Gasteiger partial charge in [-0.3, -0.25) is 4.90 Å². The van der Waals surface area contributed by atoms with E-state index >= 15 is 0 Å². The van der Waals surface area contributed by atoms with Crippen molar-refractivity contribution in [3.63, 3.8) is 0 Å². The summed E-state index contributed by atoms with van der Waals surface area (Å²) >= 11 is 0. The number of piperazine rings is 1. The van der Waals surface area contributed by atoms with Crippen molar-refractivity contribution in [3.8, 4) is 5.75 Å². The van der Waals surface area contributed by atoms with Gasteiger partial charge in [-0.05, 0) is 30.7 Å². The molecule has 1 atom stereocenters. The van der Waals surface area contributed by atoms with Crippen LogP contribution in [0.25, 0.3) is 0 Å². The minimum absolute atomic E-state index is 0.191. The maximum atomic E-state index is 5.64. The Morgan fingerprint density at radius 1 is 1.22 bits per heavy atom. The number of aliphatic imine (C=N–C) groups is 1. The average Bonchev–Trinajstić information content (AvgIpc) is 2.99. The number of amidine groups is 1. The van der Waals surface area contributed by atoms with Gasteiger partial charge in [-0.15, -0.1) is 0 Å². The fourth-order valence-corrected chi connectivity index (χ4v) is 2.99. The summed E-state index contributed by atoms with van der Waals surface area (Å²) in [6.45, 7) is 8.58. The van der Waals surface area contributed by atoms with Crippen molar-refractivity contribution in [2.24, 2.45) is 10.7 Å². The van der Waals surface area contributed by atoms with Crippen molar-refractivity contribution in [1.29, 1.82) is 0 Å². The van der Waals surface area contributed by atoms with Gasteiger partial charge in [0, 0.05) is 38.4 Å². The molecule has 2 N–H and O–H groups in total. The maximum Gasteiger partial charge on any atom is 0.282 e. The molecule has 1 aromatic rings. The van der Waals surface area contributed by atoms with Gasteiger partial charge in [0.25, 0.3) is 6.02 Å². The molecule has 1 unspecified atom stereocenters. The normalized spacial score (nSPS) is 21.9. The highest BCUT2D eigenvalue weighted by Crippen LogP contribution is 2.21. The van der Waals surface area contributed by atoms with Gasteiger partial charge in [-0.1, -0.05) is 6.92 Å². The first-order chi connectivity index (χ1) is 11.2. The standard InChI is InChI=1S/C17H26N4O2/c1-2-11-22-16-5-3-15(4-6-16)21-9-7-20(8-10-21)12-14-13-23-17(18)19-14/h3-6,14H,2,7-13H2,1H3,(H2,18,19). The molecule has 23 heavy (non-hydrogen) atoms. The van der Waals surface area contributed by atoms with Gasteiger partial charge >= 0.3 is 0 Å². The van der Waals surface area contributed by atoms with Crippen LogP contribution in [0.15, 0.2) is 29.3 Å². The molecule has 0 spiro atoms. The molecule has 0 bridgehead atoms. The molecule has 1 aromatic carbocycles. The third-order valence-corrected chi connectivity index (χ3v) is 4.25. The van der Waals surface area contributed by atoms with Gasteiger partial charge in [0.1, 0.15) is 18.4 Å². The molecular formula is C17H26N4O2. The highest BCUT2D eigenvalue weighted by molar-refractivity contribution is 5.73. The number of hydrogen-bond acceptors (Lipinski definition) is 6. The van der Waals surface area contributed by atoms with Crippen molar-refractivity contribution in [1.82, 2.24) is 4.90 Å². The summed E-state index contributed by atoms with van der Waals surface area (Å²) in [7, 11) is 0. The van der Waals surface area contributed by atoms with Gasteiger partial charge < -0.3 is 20.1 Å². The zero-order valence-electron chi connectivity index (χ0n) is 13.8. The first-order valence-electron chi connectivity index (χ1n) is 8.41. The molecule has 2 aliphatic heterocycles. The molecule has 3 rings (SSSR count). The smallest absolute Gasteiger partial charge is 0.282 e. The quantitative estimate of drug-likeness (QED) is 0.857. The van der Waals surface area contributed by atoms with E-state index in [1.807, 2.05) is 0 Å². The molecular weight excluding hydrogens is 292 g/mol. The van der Waals surface area contributed by atoms with Crippen LogP contribution in [0.3, 0.4) is 0 Å². The molecule has 0 aromatic heterocycles. The number of rotatable bonds is 6. The number of benzene rings is 1. The van der Waals surface area contributed by atoms with E-state index in [-0.39, 0.29) is 6.04 Å². The molecule has 0 saturated carbocycles. The number of ether oxygens (including phenoxy) is 2. The average molecular weight is 318 g/mol. The Morgan fingerprint density at radius 2 is 1.96 bits per heavy atom. The van der Waals surface area contributed by atoms with E-state index in [2.05, 4.69) is 46.0 Å². The Morgan fingerprint density at radius 3 is 2.57 bits per heavy atom. The van der Waals surface area contributed by atoms with Crippen LogP contribution in [-0.4, -0.2) is 62.9 Å². The molecule has 1 saturated heterocycles. The lowest BCUT2D eigenvalue weighted by Crippen LogP contribution is -2.48. The van der Waals surface area contributed by atoms with Crippen LogP contribution >= 0.6 is 0 Å². The Balaban J connectivity index is 1.46. The van der Waals surface area contributed by atoms with Crippen molar-refractivity contribution >= 4 is 11.7 Å². The minimum Gasteiger partial charge on any atom is -0.494 e. The van der Waals surface area contributed by atoms with E-state index in [4.69, 9.17) is 15.2 Å².